The van der Waals surface area contributed by atoms with Gasteiger partial charge in [-0.25, -0.2) is 4.98 Å². The van der Waals surface area contributed by atoms with Gasteiger partial charge in [0, 0.05) is 55.5 Å². The van der Waals surface area contributed by atoms with Gasteiger partial charge in [0.2, 0.25) is 5.91 Å². The zero-order chi connectivity index (χ0) is 18.2. The molecule has 9 heteroatoms. The first-order chi connectivity index (χ1) is 12.8. The number of thioether (sulfide) groups is 1. The lowest BCUT2D eigenvalue weighted by atomic mass is 9.90. The molecule has 27 heavy (non-hydrogen) atoms. The summed E-state index contributed by atoms with van der Waals surface area (Å²) in [6, 6.07) is 7.98. The Bertz CT molecular complexity index is 754. The van der Waals surface area contributed by atoms with Gasteiger partial charge in [-0.15, -0.1) is 35.3 Å². The second kappa shape index (κ2) is 11.5. The number of fused-ring (bicyclic) bond motifs is 1. The molecule has 1 amide bonds. The fourth-order valence-electron chi connectivity index (χ4n) is 2.84. The van der Waals surface area contributed by atoms with Crippen LogP contribution >= 0.6 is 47.1 Å². The van der Waals surface area contributed by atoms with Crippen LogP contribution in [0.1, 0.15) is 24.3 Å². The van der Waals surface area contributed by atoms with Crippen molar-refractivity contribution < 1.29 is 4.79 Å². The number of benzene rings is 1. The highest BCUT2D eigenvalue weighted by atomic mass is 127. The molecular weight excluding hydrogens is 493 g/mol. The lowest BCUT2D eigenvalue weighted by Gasteiger charge is -2.26. The number of carbonyl (C=O) groups is 1. The largest absolute Gasteiger partial charge is 0.356 e. The summed E-state index contributed by atoms with van der Waals surface area (Å²) in [7, 11) is 1.77. The maximum absolute atomic E-state index is 11.9. The summed E-state index contributed by atoms with van der Waals surface area (Å²) in [4.78, 5) is 20.4. The molecule has 6 nitrogen and oxygen atoms in total. The van der Waals surface area contributed by atoms with Crippen LogP contribution in [-0.4, -0.2) is 42.7 Å². The molecule has 2 aromatic rings. The standard InChI is InChI=1S/C18H23N5OS2.HI/c1-19-17(20-7-4-9-25-18-21-8-10-26-18)22-12-13-11-16(24)23-15-6-3-2-5-14(13)15;/h2-3,5-6,8,10,13H,4,7,9,11-12H2,1H3,(H,23,24)(H2,19,20,22);1H. The van der Waals surface area contributed by atoms with E-state index in [-0.39, 0.29) is 35.8 Å². The Morgan fingerprint density at radius 3 is 3.04 bits per heavy atom. The number of aromatic nitrogens is 1. The third kappa shape index (κ3) is 6.65. The number of anilines is 1. The fourth-order valence-corrected chi connectivity index (χ4v) is 4.49. The summed E-state index contributed by atoms with van der Waals surface area (Å²) >= 11 is 3.45. The van der Waals surface area contributed by atoms with Gasteiger partial charge in [-0.1, -0.05) is 30.0 Å². The Morgan fingerprint density at radius 1 is 1.41 bits per heavy atom. The molecule has 146 valence electrons. The van der Waals surface area contributed by atoms with Gasteiger partial charge in [-0.05, 0) is 18.1 Å². The van der Waals surface area contributed by atoms with E-state index in [0.29, 0.717) is 13.0 Å². The minimum absolute atomic E-state index is 0. The summed E-state index contributed by atoms with van der Waals surface area (Å²) in [5.74, 6) is 2.01. The van der Waals surface area contributed by atoms with E-state index in [0.717, 1.165) is 34.7 Å². The molecule has 3 rings (SSSR count). The summed E-state index contributed by atoms with van der Waals surface area (Å²) < 4.78 is 1.11. The number of hydrogen-bond donors (Lipinski definition) is 3. The van der Waals surface area contributed by atoms with E-state index >= 15 is 0 Å². The normalized spacial score (nSPS) is 16.1. The SMILES string of the molecule is CN=C(NCCCSc1nccs1)NCC1CC(=O)Nc2ccccc21.I. The first kappa shape index (κ1) is 22.0. The van der Waals surface area contributed by atoms with Crippen molar-refractivity contribution in [2.75, 3.05) is 31.2 Å². The summed E-state index contributed by atoms with van der Waals surface area (Å²) in [5.41, 5.74) is 2.09. The average molecular weight is 517 g/mol. The molecule has 0 saturated heterocycles. The van der Waals surface area contributed by atoms with Crippen LogP contribution < -0.4 is 16.0 Å². The van der Waals surface area contributed by atoms with Crippen molar-refractivity contribution in [1.82, 2.24) is 15.6 Å². The number of halogens is 1. The van der Waals surface area contributed by atoms with Crippen LogP contribution in [0.3, 0.4) is 0 Å². The predicted octanol–water partition coefficient (Wildman–Crippen LogP) is 3.53. The number of para-hydroxylation sites is 1. The van der Waals surface area contributed by atoms with Crippen molar-refractivity contribution in [3.05, 3.63) is 41.4 Å². The first-order valence-corrected chi connectivity index (χ1v) is 10.5. The fraction of sp³-hybridized carbons (Fsp3) is 0.389. The molecule has 1 aromatic heterocycles. The van der Waals surface area contributed by atoms with E-state index in [1.165, 1.54) is 5.56 Å². The highest BCUT2D eigenvalue weighted by Gasteiger charge is 2.24. The van der Waals surface area contributed by atoms with Crippen LogP contribution in [0.25, 0.3) is 0 Å². The van der Waals surface area contributed by atoms with Crippen molar-refractivity contribution in [3.8, 4) is 0 Å². The lowest BCUT2D eigenvalue weighted by molar-refractivity contribution is -0.116. The number of hydrogen-bond acceptors (Lipinski definition) is 5. The van der Waals surface area contributed by atoms with Crippen LogP contribution in [0, 0.1) is 0 Å². The molecule has 0 aliphatic carbocycles. The van der Waals surface area contributed by atoms with Crippen molar-refractivity contribution in [3.63, 3.8) is 0 Å². The molecule has 1 aromatic carbocycles. The van der Waals surface area contributed by atoms with Crippen molar-refractivity contribution in [2.45, 2.75) is 23.1 Å². The van der Waals surface area contributed by atoms with Gasteiger partial charge >= 0.3 is 0 Å². The Balaban J connectivity index is 0.00000261. The van der Waals surface area contributed by atoms with Gasteiger partial charge in [0.15, 0.2) is 5.96 Å². The molecule has 0 saturated carbocycles. The molecule has 1 unspecified atom stereocenters. The van der Waals surface area contributed by atoms with Crippen LogP contribution in [0.4, 0.5) is 5.69 Å². The van der Waals surface area contributed by atoms with Crippen LogP contribution in [0.5, 0.6) is 0 Å². The number of nitrogens with one attached hydrogen (secondary N) is 3. The number of thiazole rings is 1. The van der Waals surface area contributed by atoms with Gasteiger partial charge in [0.1, 0.15) is 4.34 Å². The van der Waals surface area contributed by atoms with Crippen molar-refractivity contribution >= 4 is 64.6 Å². The molecule has 0 radical (unpaired) electrons. The van der Waals surface area contributed by atoms with Crippen LogP contribution in [0.15, 0.2) is 45.2 Å². The zero-order valence-electron chi connectivity index (χ0n) is 15.1. The van der Waals surface area contributed by atoms with Crippen LogP contribution in [-0.2, 0) is 4.79 Å². The summed E-state index contributed by atoms with van der Waals surface area (Å²) in [6.45, 7) is 1.53. The molecule has 1 atom stereocenters. The van der Waals surface area contributed by atoms with Crippen LogP contribution in [0.2, 0.25) is 0 Å². The Labute approximate surface area is 185 Å². The minimum atomic E-state index is 0. The third-order valence-electron chi connectivity index (χ3n) is 4.09. The average Bonchev–Trinajstić information content (AvgIpc) is 3.17. The smallest absolute Gasteiger partial charge is 0.225 e. The Morgan fingerprint density at radius 2 is 2.26 bits per heavy atom. The predicted molar refractivity (Wildman–Crippen MR) is 125 cm³/mol. The minimum Gasteiger partial charge on any atom is -0.356 e. The van der Waals surface area contributed by atoms with E-state index in [4.69, 9.17) is 0 Å². The number of guanidine groups is 1. The summed E-state index contributed by atoms with van der Waals surface area (Å²) in [6.07, 6.45) is 3.35. The van der Waals surface area contributed by atoms with Crippen molar-refractivity contribution in [2.24, 2.45) is 4.99 Å². The molecule has 0 fully saturated rings. The van der Waals surface area contributed by atoms with Gasteiger partial charge in [-0.3, -0.25) is 9.79 Å². The monoisotopic (exact) mass is 517 g/mol. The molecule has 2 heterocycles. The maximum Gasteiger partial charge on any atom is 0.225 e. The molecular formula is C18H24IN5OS2. The van der Waals surface area contributed by atoms with E-state index in [9.17, 15) is 4.79 Å². The van der Waals surface area contributed by atoms with E-state index in [1.54, 1.807) is 30.1 Å². The molecule has 1 aliphatic rings. The number of rotatable bonds is 7. The first-order valence-electron chi connectivity index (χ1n) is 8.62. The Kier molecular flexibility index (Phi) is 9.35. The van der Waals surface area contributed by atoms with Gasteiger partial charge in [0.25, 0.3) is 0 Å². The molecule has 1 aliphatic heterocycles. The lowest BCUT2D eigenvalue weighted by Crippen LogP contribution is -2.41. The number of aliphatic imine (C=N–C) groups is 1. The zero-order valence-corrected chi connectivity index (χ0v) is 19.1. The maximum atomic E-state index is 11.9. The quantitative estimate of drug-likeness (QED) is 0.172. The van der Waals surface area contributed by atoms with Gasteiger partial charge in [-0.2, -0.15) is 0 Å². The highest BCUT2D eigenvalue weighted by molar-refractivity contribution is 14.0. The second-order valence-electron chi connectivity index (χ2n) is 5.92. The number of amides is 1. The van der Waals surface area contributed by atoms with E-state index < -0.39 is 0 Å². The highest BCUT2D eigenvalue weighted by Crippen LogP contribution is 2.31. The molecule has 0 spiro atoms. The van der Waals surface area contributed by atoms with Crippen molar-refractivity contribution in [1.29, 1.82) is 0 Å². The molecule has 0 bridgehead atoms. The topological polar surface area (TPSA) is 78.4 Å². The number of carbonyl (C=O) groups excluding carboxylic acids is 1. The van der Waals surface area contributed by atoms with Gasteiger partial charge < -0.3 is 16.0 Å². The Hall–Kier alpha value is -1.33. The molecule has 3 N–H and O–H groups in total. The number of nitrogens with zero attached hydrogens (tertiary/aromatic N) is 2. The second-order valence-corrected chi connectivity index (χ2v) is 8.15. The van der Waals surface area contributed by atoms with E-state index in [2.05, 4.69) is 32.0 Å². The van der Waals surface area contributed by atoms with E-state index in [1.807, 2.05) is 29.8 Å². The summed E-state index contributed by atoms with van der Waals surface area (Å²) in [5, 5.41) is 11.6. The van der Waals surface area contributed by atoms with Gasteiger partial charge in [0.05, 0.1) is 0 Å². The third-order valence-corrected chi connectivity index (χ3v) is 6.15.